The number of likely N-dealkylation sites (tertiary alicyclic amines) is 1. The smallest absolute Gasteiger partial charge is 0.308 e. The number of likely N-dealkylation sites (N-methyl/N-ethyl adjacent to an activating group) is 1. The number of rotatable bonds is 2. The first-order valence-corrected chi connectivity index (χ1v) is 5.66. The van der Waals surface area contributed by atoms with Gasteiger partial charge in [0.15, 0.2) is 0 Å². The van der Waals surface area contributed by atoms with E-state index in [1.165, 1.54) is 6.07 Å². The van der Waals surface area contributed by atoms with Crippen LogP contribution in [0.5, 0.6) is 0 Å². The number of hydrogen-bond donors (Lipinski definition) is 1. The van der Waals surface area contributed by atoms with Gasteiger partial charge < -0.3 is 10.0 Å². The van der Waals surface area contributed by atoms with Crippen LogP contribution in [0.25, 0.3) is 0 Å². The zero-order valence-corrected chi connectivity index (χ0v) is 9.98. The number of halogens is 1. The predicted octanol–water partition coefficient (Wildman–Crippen LogP) is 1.86. The van der Waals surface area contributed by atoms with Crippen molar-refractivity contribution in [3.8, 4) is 0 Å². The van der Waals surface area contributed by atoms with Gasteiger partial charge in [0.1, 0.15) is 5.82 Å². The van der Waals surface area contributed by atoms with Gasteiger partial charge in [-0.15, -0.1) is 0 Å². The average molecular weight is 237 g/mol. The molecule has 17 heavy (non-hydrogen) atoms. The van der Waals surface area contributed by atoms with Crippen molar-refractivity contribution < 1.29 is 14.3 Å². The van der Waals surface area contributed by atoms with E-state index in [1.54, 1.807) is 12.1 Å². The minimum Gasteiger partial charge on any atom is -0.481 e. The van der Waals surface area contributed by atoms with Gasteiger partial charge in [0, 0.05) is 19.0 Å². The topological polar surface area (TPSA) is 40.5 Å². The summed E-state index contributed by atoms with van der Waals surface area (Å²) in [4.78, 5) is 13.1. The van der Waals surface area contributed by atoms with Crippen LogP contribution in [0.3, 0.4) is 0 Å². The Bertz CT molecular complexity index is 447. The number of carboxylic acids is 1. The Morgan fingerprint density at radius 2 is 2.18 bits per heavy atom. The van der Waals surface area contributed by atoms with E-state index in [4.69, 9.17) is 0 Å². The van der Waals surface area contributed by atoms with Gasteiger partial charge >= 0.3 is 5.97 Å². The third-order valence-corrected chi connectivity index (χ3v) is 3.37. The molecule has 0 spiro atoms. The standard InChI is InChI=1S/C13H16FNO2/c1-8-3-4-12(14)9(5-8)10-6-15(2)7-11(10)13(16)17/h3-5,10-11H,6-7H2,1-2H3,(H,16,17). The van der Waals surface area contributed by atoms with Gasteiger partial charge in [-0.1, -0.05) is 17.7 Å². The summed E-state index contributed by atoms with van der Waals surface area (Å²) in [6.07, 6.45) is 0. The predicted molar refractivity (Wildman–Crippen MR) is 62.5 cm³/mol. The number of nitrogens with zero attached hydrogens (tertiary/aromatic N) is 1. The number of benzene rings is 1. The van der Waals surface area contributed by atoms with Crippen LogP contribution in [0.2, 0.25) is 0 Å². The maximum atomic E-state index is 13.8. The molecule has 92 valence electrons. The minimum absolute atomic E-state index is 0.252. The third-order valence-electron chi connectivity index (χ3n) is 3.37. The summed E-state index contributed by atoms with van der Waals surface area (Å²) in [6.45, 7) is 2.96. The molecule has 0 saturated carbocycles. The van der Waals surface area contributed by atoms with Crippen LogP contribution >= 0.6 is 0 Å². The Morgan fingerprint density at radius 1 is 1.47 bits per heavy atom. The number of aryl methyl sites for hydroxylation is 1. The molecule has 2 atom stereocenters. The van der Waals surface area contributed by atoms with Crippen molar-refractivity contribution in [1.82, 2.24) is 4.90 Å². The van der Waals surface area contributed by atoms with E-state index >= 15 is 0 Å². The summed E-state index contributed by atoms with van der Waals surface area (Å²) in [5, 5.41) is 9.17. The highest BCUT2D eigenvalue weighted by atomic mass is 19.1. The fourth-order valence-electron chi connectivity index (χ4n) is 2.51. The molecule has 1 aromatic carbocycles. The van der Waals surface area contributed by atoms with E-state index < -0.39 is 11.9 Å². The SMILES string of the molecule is Cc1ccc(F)c(C2CN(C)CC2C(=O)O)c1. The fraction of sp³-hybridized carbons (Fsp3) is 0.462. The van der Waals surface area contributed by atoms with Gasteiger partial charge in [-0.25, -0.2) is 4.39 Å². The van der Waals surface area contributed by atoms with Crippen LogP contribution in [0.1, 0.15) is 17.0 Å². The Kier molecular flexibility index (Phi) is 3.15. The molecule has 1 heterocycles. The summed E-state index contributed by atoms with van der Waals surface area (Å²) < 4.78 is 13.8. The molecule has 1 aromatic rings. The molecule has 0 radical (unpaired) electrons. The van der Waals surface area contributed by atoms with Crippen LogP contribution in [0.4, 0.5) is 4.39 Å². The van der Waals surface area contributed by atoms with Crippen LogP contribution in [-0.4, -0.2) is 36.1 Å². The van der Waals surface area contributed by atoms with Crippen molar-refractivity contribution >= 4 is 5.97 Å². The lowest BCUT2D eigenvalue weighted by atomic mass is 9.88. The zero-order valence-electron chi connectivity index (χ0n) is 9.98. The monoisotopic (exact) mass is 237 g/mol. The fourth-order valence-corrected chi connectivity index (χ4v) is 2.51. The summed E-state index contributed by atoms with van der Waals surface area (Å²) in [6, 6.07) is 4.88. The van der Waals surface area contributed by atoms with Crippen molar-refractivity contribution in [1.29, 1.82) is 0 Å². The van der Waals surface area contributed by atoms with E-state index in [9.17, 15) is 14.3 Å². The molecule has 1 aliphatic heterocycles. The highest BCUT2D eigenvalue weighted by molar-refractivity contribution is 5.72. The lowest BCUT2D eigenvalue weighted by molar-refractivity contribution is -0.141. The Morgan fingerprint density at radius 3 is 2.82 bits per heavy atom. The largest absolute Gasteiger partial charge is 0.481 e. The Labute approximate surface area is 99.9 Å². The van der Waals surface area contributed by atoms with Gasteiger partial charge in [-0.2, -0.15) is 0 Å². The number of carbonyl (C=O) groups is 1. The van der Waals surface area contributed by atoms with Crippen molar-refractivity contribution in [2.75, 3.05) is 20.1 Å². The molecule has 0 amide bonds. The summed E-state index contributed by atoms with van der Waals surface area (Å²) in [5.41, 5.74) is 1.49. The Balaban J connectivity index is 2.37. The normalized spacial score (nSPS) is 25.1. The molecule has 0 aromatic heterocycles. The second-order valence-corrected chi connectivity index (χ2v) is 4.80. The van der Waals surface area contributed by atoms with Crippen LogP contribution in [-0.2, 0) is 4.79 Å². The van der Waals surface area contributed by atoms with Gasteiger partial charge in [-0.05, 0) is 25.6 Å². The molecule has 2 rings (SSSR count). The molecule has 1 fully saturated rings. The first-order chi connectivity index (χ1) is 7.99. The lowest BCUT2D eigenvalue weighted by Gasteiger charge is -2.16. The molecular weight excluding hydrogens is 221 g/mol. The molecule has 2 unspecified atom stereocenters. The van der Waals surface area contributed by atoms with Gasteiger partial charge in [0.05, 0.1) is 5.92 Å². The van der Waals surface area contributed by atoms with Crippen molar-refractivity contribution in [2.45, 2.75) is 12.8 Å². The summed E-state index contributed by atoms with van der Waals surface area (Å²) >= 11 is 0. The maximum absolute atomic E-state index is 13.8. The first-order valence-electron chi connectivity index (χ1n) is 5.66. The Hall–Kier alpha value is -1.42. The second-order valence-electron chi connectivity index (χ2n) is 4.80. The van der Waals surface area contributed by atoms with E-state index in [-0.39, 0.29) is 11.7 Å². The summed E-state index contributed by atoms with van der Waals surface area (Å²) in [5.74, 6) is -1.92. The number of carboxylic acid groups (broad SMARTS) is 1. The minimum atomic E-state index is -0.847. The summed E-state index contributed by atoms with van der Waals surface area (Å²) in [7, 11) is 1.86. The van der Waals surface area contributed by atoms with E-state index in [0.717, 1.165) is 5.56 Å². The van der Waals surface area contributed by atoms with E-state index in [0.29, 0.717) is 18.7 Å². The lowest BCUT2D eigenvalue weighted by Crippen LogP contribution is -2.22. The van der Waals surface area contributed by atoms with E-state index in [2.05, 4.69) is 0 Å². The third kappa shape index (κ3) is 2.31. The zero-order chi connectivity index (χ0) is 12.6. The van der Waals surface area contributed by atoms with Crippen molar-refractivity contribution in [3.63, 3.8) is 0 Å². The maximum Gasteiger partial charge on any atom is 0.308 e. The van der Waals surface area contributed by atoms with Crippen molar-refractivity contribution in [3.05, 3.63) is 35.1 Å². The van der Waals surface area contributed by atoms with E-state index in [1.807, 2.05) is 18.9 Å². The molecule has 3 nitrogen and oxygen atoms in total. The molecule has 1 aliphatic rings. The highest BCUT2D eigenvalue weighted by Gasteiger charge is 2.38. The van der Waals surface area contributed by atoms with Gasteiger partial charge in [0.25, 0.3) is 0 Å². The molecular formula is C13H16FNO2. The van der Waals surface area contributed by atoms with Crippen molar-refractivity contribution in [2.24, 2.45) is 5.92 Å². The first kappa shape index (κ1) is 12.0. The number of aliphatic carboxylic acids is 1. The molecule has 0 bridgehead atoms. The van der Waals surface area contributed by atoms with Crippen LogP contribution < -0.4 is 0 Å². The highest BCUT2D eigenvalue weighted by Crippen LogP contribution is 2.33. The number of hydrogen-bond acceptors (Lipinski definition) is 2. The van der Waals surface area contributed by atoms with Gasteiger partial charge in [0.2, 0.25) is 0 Å². The van der Waals surface area contributed by atoms with Crippen LogP contribution in [0, 0.1) is 18.7 Å². The average Bonchev–Trinajstić information content (AvgIpc) is 2.64. The molecule has 1 saturated heterocycles. The molecule has 1 N–H and O–H groups in total. The van der Waals surface area contributed by atoms with Gasteiger partial charge in [-0.3, -0.25) is 4.79 Å². The van der Waals surface area contributed by atoms with Crippen LogP contribution in [0.15, 0.2) is 18.2 Å². The second kappa shape index (κ2) is 4.45. The molecule has 4 heteroatoms. The quantitative estimate of drug-likeness (QED) is 0.853. The molecule has 0 aliphatic carbocycles.